The number of benzene rings is 1. The summed E-state index contributed by atoms with van der Waals surface area (Å²) in [6, 6.07) is 7.91. The Bertz CT molecular complexity index is 432. The highest BCUT2D eigenvalue weighted by Crippen LogP contribution is 2.25. The van der Waals surface area contributed by atoms with Gasteiger partial charge in [0.05, 0.1) is 24.3 Å². The SMILES string of the molecule is COCCNCc1ccc(OCCCCC#N)c(Cl)c1. The summed E-state index contributed by atoms with van der Waals surface area (Å²) in [7, 11) is 1.68. The Morgan fingerprint density at radius 1 is 1.30 bits per heavy atom. The molecule has 0 aliphatic heterocycles. The summed E-state index contributed by atoms with van der Waals surface area (Å²) >= 11 is 6.18. The molecule has 5 heteroatoms. The van der Waals surface area contributed by atoms with Gasteiger partial charge in [0.15, 0.2) is 0 Å². The summed E-state index contributed by atoms with van der Waals surface area (Å²) in [6.07, 6.45) is 2.29. The number of unbranched alkanes of at least 4 members (excludes halogenated alkanes) is 2. The molecule has 1 rings (SSSR count). The molecule has 0 aliphatic carbocycles. The maximum absolute atomic E-state index is 8.44. The minimum atomic E-state index is 0.573. The molecule has 20 heavy (non-hydrogen) atoms. The number of methoxy groups -OCH3 is 1. The molecule has 0 unspecified atom stereocenters. The van der Waals surface area contributed by atoms with Gasteiger partial charge in [-0.1, -0.05) is 17.7 Å². The van der Waals surface area contributed by atoms with Gasteiger partial charge in [-0.3, -0.25) is 0 Å². The fraction of sp³-hybridized carbons (Fsp3) is 0.533. The van der Waals surface area contributed by atoms with Crippen LogP contribution in [0.3, 0.4) is 0 Å². The van der Waals surface area contributed by atoms with Crippen LogP contribution >= 0.6 is 11.6 Å². The summed E-state index contributed by atoms with van der Waals surface area (Å²) in [5, 5.41) is 12.3. The third kappa shape index (κ3) is 6.76. The molecule has 0 saturated heterocycles. The number of nitrogens with zero attached hydrogens (tertiary/aromatic N) is 1. The number of ether oxygens (including phenoxy) is 2. The van der Waals surface area contributed by atoms with Crippen molar-refractivity contribution >= 4 is 11.6 Å². The van der Waals surface area contributed by atoms with E-state index in [1.165, 1.54) is 0 Å². The van der Waals surface area contributed by atoms with E-state index in [1.807, 2.05) is 18.2 Å². The summed E-state index contributed by atoms with van der Waals surface area (Å²) < 4.78 is 10.6. The molecule has 0 aromatic heterocycles. The van der Waals surface area contributed by atoms with E-state index >= 15 is 0 Å². The maximum atomic E-state index is 8.44. The zero-order valence-corrected chi connectivity index (χ0v) is 12.6. The van der Waals surface area contributed by atoms with Crippen LogP contribution in [0.1, 0.15) is 24.8 Å². The van der Waals surface area contributed by atoms with Gasteiger partial charge in [-0.15, -0.1) is 0 Å². The Kier molecular flexibility index (Phi) is 8.81. The normalized spacial score (nSPS) is 10.2. The molecule has 0 fully saturated rings. The Hall–Kier alpha value is -1.28. The number of nitrogens with one attached hydrogen (secondary N) is 1. The second kappa shape index (κ2) is 10.5. The minimum Gasteiger partial charge on any atom is -0.492 e. The van der Waals surface area contributed by atoms with Gasteiger partial charge in [0.25, 0.3) is 0 Å². The third-order valence-electron chi connectivity index (χ3n) is 2.75. The molecular formula is C15H21ClN2O2. The number of hydrogen-bond acceptors (Lipinski definition) is 4. The standard InChI is InChI=1S/C15H21ClN2O2/c1-19-10-8-18-12-13-5-6-15(14(16)11-13)20-9-4-2-3-7-17/h5-6,11,18H,2-4,8-10,12H2,1H3. The predicted molar refractivity (Wildman–Crippen MR) is 80.0 cm³/mol. The van der Waals surface area contributed by atoms with Crippen molar-refractivity contribution in [2.24, 2.45) is 0 Å². The van der Waals surface area contributed by atoms with Gasteiger partial charge in [0.2, 0.25) is 0 Å². The molecule has 0 saturated carbocycles. The van der Waals surface area contributed by atoms with Crippen molar-refractivity contribution in [3.63, 3.8) is 0 Å². The average molecular weight is 297 g/mol. The lowest BCUT2D eigenvalue weighted by Gasteiger charge is -2.10. The lowest BCUT2D eigenvalue weighted by Crippen LogP contribution is -2.18. The Labute approximate surface area is 125 Å². The van der Waals surface area contributed by atoms with Crippen LogP contribution < -0.4 is 10.1 Å². The molecule has 1 aromatic rings. The van der Waals surface area contributed by atoms with Crippen LogP contribution in [0.25, 0.3) is 0 Å². The monoisotopic (exact) mass is 296 g/mol. The topological polar surface area (TPSA) is 54.3 Å². The zero-order chi connectivity index (χ0) is 14.6. The van der Waals surface area contributed by atoms with Crippen LogP contribution in [-0.2, 0) is 11.3 Å². The quantitative estimate of drug-likeness (QED) is 0.674. The van der Waals surface area contributed by atoms with E-state index < -0.39 is 0 Å². The van der Waals surface area contributed by atoms with Gasteiger partial charge in [-0.25, -0.2) is 0 Å². The first-order valence-corrected chi connectivity index (χ1v) is 7.13. The third-order valence-corrected chi connectivity index (χ3v) is 3.04. The number of halogens is 1. The molecule has 4 nitrogen and oxygen atoms in total. The highest BCUT2D eigenvalue weighted by molar-refractivity contribution is 6.32. The summed E-state index contributed by atoms with van der Waals surface area (Å²) in [5.74, 6) is 0.698. The van der Waals surface area contributed by atoms with E-state index in [2.05, 4.69) is 11.4 Å². The first kappa shape index (κ1) is 16.8. The Balaban J connectivity index is 2.33. The van der Waals surface area contributed by atoms with Gasteiger partial charge in [0.1, 0.15) is 5.75 Å². The maximum Gasteiger partial charge on any atom is 0.137 e. The highest BCUT2D eigenvalue weighted by Gasteiger charge is 2.03. The first-order valence-electron chi connectivity index (χ1n) is 6.75. The summed E-state index contributed by atoms with van der Waals surface area (Å²) in [6.45, 7) is 2.85. The predicted octanol–water partition coefficient (Wildman–Crippen LogP) is 3.15. The largest absolute Gasteiger partial charge is 0.492 e. The molecule has 0 amide bonds. The molecule has 0 atom stereocenters. The van der Waals surface area contributed by atoms with E-state index in [4.69, 9.17) is 26.3 Å². The van der Waals surface area contributed by atoms with Crippen molar-refractivity contribution < 1.29 is 9.47 Å². The summed E-state index contributed by atoms with van der Waals surface area (Å²) in [5.41, 5.74) is 1.11. The van der Waals surface area contributed by atoms with E-state index in [-0.39, 0.29) is 0 Å². The number of nitriles is 1. The average Bonchev–Trinajstić information content (AvgIpc) is 2.45. The van der Waals surface area contributed by atoms with Crippen molar-refractivity contribution in [2.45, 2.75) is 25.8 Å². The first-order chi connectivity index (χ1) is 9.77. The smallest absolute Gasteiger partial charge is 0.137 e. The van der Waals surface area contributed by atoms with Gasteiger partial charge < -0.3 is 14.8 Å². The van der Waals surface area contributed by atoms with Crippen molar-refractivity contribution in [1.82, 2.24) is 5.32 Å². The van der Waals surface area contributed by atoms with E-state index in [1.54, 1.807) is 7.11 Å². The lowest BCUT2D eigenvalue weighted by molar-refractivity contribution is 0.199. The Morgan fingerprint density at radius 3 is 2.85 bits per heavy atom. The van der Waals surface area contributed by atoms with Crippen molar-refractivity contribution in [1.29, 1.82) is 5.26 Å². The number of rotatable bonds is 10. The highest BCUT2D eigenvalue weighted by atomic mass is 35.5. The van der Waals surface area contributed by atoms with E-state index in [0.29, 0.717) is 30.4 Å². The molecule has 0 heterocycles. The van der Waals surface area contributed by atoms with Gasteiger partial charge in [-0.05, 0) is 30.5 Å². The number of hydrogen-bond donors (Lipinski definition) is 1. The van der Waals surface area contributed by atoms with Gasteiger partial charge >= 0.3 is 0 Å². The van der Waals surface area contributed by atoms with Crippen molar-refractivity contribution in [2.75, 3.05) is 26.9 Å². The molecule has 0 aliphatic rings. The van der Waals surface area contributed by atoms with Gasteiger partial charge in [-0.2, -0.15) is 5.26 Å². The zero-order valence-electron chi connectivity index (χ0n) is 11.8. The molecule has 0 bridgehead atoms. The van der Waals surface area contributed by atoms with E-state index in [9.17, 15) is 0 Å². The van der Waals surface area contributed by atoms with Crippen molar-refractivity contribution in [3.05, 3.63) is 28.8 Å². The Morgan fingerprint density at radius 2 is 2.15 bits per heavy atom. The van der Waals surface area contributed by atoms with Gasteiger partial charge in [0, 0.05) is 26.6 Å². The molecule has 0 spiro atoms. The van der Waals surface area contributed by atoms with Crippen LogP contribution in [0.4, 0.5) is 0 Å². The summed E-state index contributed by atoms with van der Waals surface area (Å²) in [4.78, 5) is 0. The fourth-order valence-corrected chi connectivity index (χ4v) is 1.92. The fourth-order valence-electron chi connectivity index (χ4n) is 1.67. The van der Waals surface area contributed by atoms with Crippen molar-refractivity contribution in [3.8, 4) is 11.8 Å². The van der Waals surface area contributed by atoms with Crippen LogP contribution in [0.2, 0.25) is 5.02 Å². The lowest BCUT2D eigenvalue weighted by atomic mass is 10.2. The van der Waals surface area contributed by atoms with Crippen LogP contribution in [0.15, 0.2) is 18.2 Å². The molecule has 0 radical (unpaired) electrons. The second-order valence-corrected chi connectivity index (χ2v) is 4.81. The second-order valence-electron chi connectivity index (χ2n) is 4.40. The molecular weight excluding hydrogens is 276 g/mol. The van der Waals surface area contributed by atoms with E-state index in [0.717, 1.165) is 31.5 Å². The molecule has 1 aromatic carbocycles. The molecule has 1 N–H and O–H groups in total. The van der Waals surface area contributed by atoms with Crippen LogP contribution in [0.5, 0.6) is 5.75 Å². The molecule has 110 valence electrons. The van der Waals surface area contributed by atoms with Crippen LogP contribution in [-0.4, -0.2) is 26.9 Å². The van der Waals surface area contributed by atoms with Crippen LogP contribution in [0, 0.1) is 11.3 Å². The minimum absolute atomic E-state index is 0.573.